The zero-order valence-electron chi connectivity index (χ0n) is 36.2. The molecule has 69 heavy (non-hydrogen) atoms. The summed E-state index contributed by atoms with van der Waals surface area (Å²) in [5.74, 6) is 2.56. The van der Waals surface area contributed by atoms with E-state index in [1.165, 1.54) is 0 Å². The fourth-order valence-corrected chi connectivity index (χ4v) is 6.11. The third-order valence-electron chi connectivity index (χ3n) is 9.30. The molecule has 8 rings (SSSR count). The number of nitrogens with two attached hydrogens (primary N) is 8. The van der Waals surface area contributed by atoms with E-state index in [9.17, 15) is 0 Å². The Bertz CT molecular complexity index is 2520. The Morgan fingerprint density at radius 2 is 0.449 bits per heavy atom. The number of ether oxygens (including phenoxy) is 4. The molecule has 20 N–H and O–H groups in total. The Kier molecular flexibility index (Phi) is 13.3. The number of nitrogens with zero attached hydrogens (tertiary/aromatic N) is 12. The average molecular weight is 937 g/mol. The van der Waals surface area contributed by atoms with Gasteiger partial charge in [0.05, 0.1) is 0 Å². The second-order valence-corrected chi connectivity index (χ2v) is 14.8. The van der Waals surface area contributed by atoms with Gasteiger partial charge in [0, 0.05) is 22.7 Å². The van der Waals surface area contributed by atoms with Crippen molar-refractivity contribution < 1.29 is 18.9 Å². The second kappa shape index (κ2) is 20.3. The quantitative estimate of drug-likeness (QED) is 0.0522. The SMILES string of the molecule is Nc1nc(N)nc(Nc2ccc(OCC(COc3ccc(Nc4nc(N)nc(N)n4)cc3)(COc3ccc(Nc4nc(N)nc(N)n4)cc3)COc3ccc(Nc4nc(N)nc(N)n4)cc3)cc2)n1. The number of hydrogen-bond acceptors (Lipinski definition) is 28. The maximum atomic E-state index is 6.50. The Hall–Kier alpha value is -10.3. The molecule has 352 valence electrons. The lowest BCUT2D eigenvalue weighted by molar-refractivity contribution is -0.00350. The molecule has 4 aromatic carbocycles. The summed E-state index contributed by atoms with van der Waals surface area (Å²) in [6.45, 7) is 0.135. The van der Waals surface area contributed by atoms with Crippen molar-refractivity contribution in [3.8, 4) is 23.0 Å². The van der Waals surface area contributed by atoms with Crippen LogP contribution in [0, 0.1) is 5.41 Å². The van der Waals surface area contributed by atoms with Gasteiger partial charge in [0.15, 0.2) is 0 Å². The molecule has 0 amide bonds. The number of nitrogens with one attached hydrogen (secondary N) is 4. The molecule has 8 aromatic rings. The summed E-state index contributed by atoms with van der Waals surface area (Å²) in [5, 5.41) is 12.2. The van der Waals surface area contributed by atoms with Gasteiger partial charge < -0.3 is 86.1 Å². The first-order valence-corrected chi connectivity index (χ1v) is 20.3. The van der Waals surface area contributed by atoms with Crippen molar-refractivity contribution in [3.63, 3.8) is 0 Å². The molecule has 0 unspecified atom stereocenters. The van der Waals surface area contributed by atoms with E-state index in [0.29, 0.717) is 45.7 Å². The summed E-state index contributed by atoms with van der Waals surface area (Å²) in [6.07, 6.45) is 0. The summed E-state index contributed by atoms with van der Waals surface area (Å²) >= 11 is 0. The molecule has 28 heteroatoms. The van der Waals surface area contributed by atoms with Gasteiger partial charge in [-0.15, -0.1) is 0 Å². The van der Waals surface area contributed by atoms with Crippen LogP contribution in [-0.2, 0) is 0 Å². The number of hydrogen-bond donors (Lipinski definition) is 12. The summed E-state index contributed by atoms with van der Waals surface area (Å²) in [7, 11) is 0. The highest BCUT2D eigenvalue weighted by atomic mass is 16.5. The van der Waals surface area contributed by atoms with E-state index in [1.807, 2.05) is 0 Å². The van der Waals surface area contributed by atoms with Gasteiger partial charge in [0.1, 0.15) is 54.8 Å². The van der Waals surface area contributed by atoms with E-state index in [4.69, 9.17) is 64.8 Å². The van der Waals surface area contributed by atoms with Crippen LogP contribution in [0.1, 0.15) is 0 Å². The Labute approximate surface area is 391 Å². The molecule has 4 heterocycles. The number of nitrogen functional groups attached to an aromatic ring is 8. The number of rotatable bonds is 20. The van der Waals surface area contributed by atoms with Crippen LogP contribution in [0.15, 0.2) is 97.1 Å². The lowest BCUT2D eigenvalue weighted by atomic mass is 9.92. The van der Waals surface area contributed by atoms with Gasteiger partial charge in [0.2, 0.25) is 71.4 Å². The number of benzene rings is 4. The zero-order valence-corrected chi connectivity index (χ0v) is 36.2. The Balaban J connectivity index is 1.04. The van der Waals surface area contributed by atoms with Crippen LogP contribution >= 0.6 is 0 Å². The lowest BCUT2D eigenvalue weighted by Crippen LogP contribution is -2.45. The first-order chi connectivity index (χ1) is 33.3. The molecular weight excluding hydrogens is 893 g/mol. The molecule has 0 radical (unpaired) electrons. The summed E-state index contributed by atoms with van der Waals surface area (Å²) in [5.41, 5.74) is 47.5. The van der Waals surface area contributed by atoms with Crippen molar-refractivity contribution in [2.75, 3.05) is 93.6 Å². The highest BCUT2D eigenvalue weighted by Gasteiger charge is 2.36. The topological polar surface area (TPSA) is 448 Å². The zero-order chi connectivity index (χ0) is 48.3. The molecule has 0 aliphatic rings. The maximum absolute atomic E-state index is 6.50. The minimum Gasteiger partial charge on any atom is -0.493 e. The van der Waals surface area contributed by atoms with Gasteiger partial charge in [-0.05, 0) is 97.1 Å². The summed E-state index contributed by atoms with van der Waals surface area (Å²) < 4.78 is 26.0. The van der Waals surface area contributed by atoms with Gasteiger partial charge in [-0.25, -0.2) is 0 Å². The highest BCUT2D eigenvalue weighted by Crippen LogP contribution is 2.30. The molecule has 0 fully saturated rings. The predicted molar refractivity (Wildman–Crippen MR) is 258 cm³/mol. The molecule has 0 bridgehead atoms. The van der Waals surface area contributed by atoms with Crippen molar-refractivity contribution >= 4 is 94.1 Å². The summed E-state index contributed by atoms with van der Waals surface area (Å²) in [6, 6.07) is 28.3. The van der Waals surface area contributed by atoms with Crippen LogP contribution in [0.3, 0.4) is 0 Å². The Morgan fingerprint density at radius 3 is 0.623 bits per heavy atom. The van der Waals surface area contributed by atoms with Crippen molar-refractivity contribution in [3.05, 3.63) is 97.1 Å². The van der Waals surface area contributed by atoms with Gasteiger partial charge in [0.25, 0.3) is 0 Å². The van der Waals surface area contributed by atoms with Gasteiger partial charge in [-0.2, -0.15) is 59.8 Å². The standard InChI is InChI=1S/C41H44N24O4/c42-29-54-30(43)59-37(58-29)50-21-1-9-25(10-2-21)66-17-41(18-67-26-11-3-22(4-12-26)51-38-60-31(44)55-32(45)61-38,19-68-27-13-5-23(6-14-27)52-39-62-33(46)56-34(47)63-39)20-69-28-15-7-24(8-16-28)53-40-64-35(48)57-36(49)65-40/h1-16H,17-20H2,(H5,42,43,50,54,58,59)(H5,44,45,51,55,60,61)(H5,46,47,52,56,62,63)(H5,48,49,53,57,64,65). The second-order valence-electron chi connectivity index (χ2n) is 14.8. The minimum absolute atomic E-state index is 0.0249. The Morgan fingerprint density at radius 1 is 0.275 bits per heavy atom. The van der Waals surface area contributed by atoms with Crippen molar-refractivity contribution in [2.45, 2.75) is 0 Å². The molecule has 0 spiro atoms. The first-order valence-electron chi connectivity index (χ1n) is 20.3. The van der Waals surface area contributed by atoms with Crippen LogP contribution in [0.5, 0.6) is 23.0 Å². The molecule has 0 saturated heterocycles. The van der Waals surface area contributed by atoms with Gasteiger partial charge in [-0.1, -0.05) is 0 Å². The van der Waals surface area contributed by atoms with Crippen molar-refractivity contribution in [2.24, 2.45) is 5.41 Å². The molecule has 0 saturated carbocycles. The molecule has 0 atom stereocenters. The lowest BCUT2D eigenvalue weighted by Gasteiger charge is -2.33. The van der Waals surface area contributed by atoms with E-state index in [2.05, 4.69) is 81.1 Å². The monoisotopic (exact) mass is 936 g/mol. The molecule has 0 aliphatic carbocycles. The summed E-state index contributed by atoms with van der Waals surface area (Å²) in [4.78, 5) is 47.8. The molecule has 28 nitrogen and oxygen atoms in total. The average Bonchev–Trinajstić information content (AvgIpc) is 3.29. The minimum atomic E-state index is -1.01. The van der Waals surface area contributed by atoms with Crippen molar-refractivity contribution in [1.82, 2.24) is 59.8 Å². The first kappa shape index (κ1) is 45.3. The van der Waals surface area contributed by atoms with Crippen LogP contribution in [-0.4, -0.2) is 86.2 Å². The number of aromatic nitrogens is 12. The highest BCUT2D eigenvalue weighted by molar-refractivity contribution is 5.59. The fourth-order valence-electron chi connectivity index (χ4n) is 6.11. The van der Waals surface area contributed by atoms with Crippen LogP contribution < -0.4 is 86.1 Å². The van der Waals surface area contributed by atoms with Crippen molar-refractivity contribution in [1.29, 1.82) is 0 Å². The van der Waals surface area contributed by atoms with E-state index in [0.717, 1.165) is 0 Å². The van der Waals surface area contributed by atoms with E-state index < -0.39 is 5.41 Å². The number of anilines is 16. The maximum Gasteiger partial charge on any atom is 0.233 e. The van der Waals surface area contributed by atoms with Gasteiger partial charge in [-0.3, -0.25) is 0 Å². The molecular formula is C41H44N24O4. The van der Waals surface area contributed by atoms with Crippen LogP contribution in [0.25, 0.3) is 0 Å². The third kappa shape index (κ3) is 12.9. The third-order valence-corrected chi connectivity index (χ3v) is 9.30. The largest absolute Gasteiger partial charge is 0.493 e. The van der Waals surface area contributed by atoms with E-state index in [1.54, 1.807) is 97.1 Å². The normalized spacial score (nSPS) is 11.0. The van der Waals surface area contributed by atoms with E-state index in [-0.39, 0.29) is 97.8 Å². The molecule has 0 aliphatic heterocycles. The molecule has 4 aromatic heterocycles. The fraction of sp³-hybridized carbons (Fsp3) is 0.122. The predicted octanol–water partition coefficient (Wildman–Crippen LogP) is 2.66. The van der Waals surface area contributed by atoms with Gasteiger partial charge >= 0.3 is 0 Å². The van der Waals surface area contributed by atoms with Crippen LogP contribution in [0.2, 0.25) is 0 Å². The van der Waals surface area contributed by atoms with Crippen LogP contribution in [0.4, 0.5) is 94.1 Å². The van der Waals surface area contributed by atoms with E-state index >= 15 is 0 Å². The smallest absolute Gasteiger partial charge is 0.233 e.